The SMILES string of the molecule is CN(C)C(=O)c1cccc(NC(=O)Cc2csc(-c3ccc(C(F)(F)F)cc3)n2)c1. The molecule has 1 N–H and O–H groups in total. The molecule has 0 saturated heterocycles. The van der Waals surface area contributed by atoms with Crippen molar-refractivity contribution in [2.45, 2.75) is 12.6 Å². The summed E-state index contributed by atoms with van der Waals surface area (Å²) in [6.45, 7) is 0. The molecular weight excluding hydrogens is 415 g/mol. The Morgan fingerprint density at radius 3 is 2.43 bits per heavy atom. The average molecular weight is 433 g/mol. The maximum absolute atomic E-state index is 12.7. The molecule has 0 aliphatic heterocycles. The zero-order valence-corrected chi connectivity index (χ0v) is 17.0. The number of amides is 2. The van der Waals surface area contributed by atoms with Gasteiger partial charge in [-0.1, -0.05) is 18.2 Å². The van der Waals surface area contributed by atoms with Gasteiger partial charge >= 0.3 is 6.18 Å². The first-order valence-electron chi connectivity index (χ1n) is 8.87. The minimum Gasteiger partial charge on any atom is -0.345 e. The molecule has 0 unspecified atom stereocenters. The van der Waals surface area contributed by atoms with Crippen LogP contribution >= 0.6 is 11.3 Å². The van der Waals surface area contributed by atoms with E-state index in [-0.39, 0.29) is 18.2 Å². The normalized spacial score (nSPS) is 11.2. The molecule has 3 aromatic rings. The lowest BCUT2D eigenvalue weighted by Crippen LogP contribution is -2.22. The van der Waals surface area contributed by atoms with Gasteiger partial charge in [-0.05, 0) is 30.3 Å². The molecule has 1 aromatic heterocycles. The molecule has 5 nitrogen and oxygen atoms in total. The van der Waals surface area contributed by atoms with Gasteiger partial charge in [0.1, 0.15) is 5.01 Å². The van der Waals surface area contributed by atoms with E-state index in [9.17, 15) is 22.8 Å². The zero-order chi connectivity index (χ0) is 21.9. The molecule has 2 amide bonds. The van der Waals surface area contributed by atoms with Crippen LogP contribution in [-0.4, -0.2) is 35.8 Å². The summed E-state index contributed by atoms with van der Waals surface area (Å²) < 4.78 is 38.0. The van der Waals surface area contributed by atoms with E-state index in [2.05, 4.69) is 10.3 Å². The maximum Gasteiger partial charge on any atom is 0.416 e. The first-order valence-corrected chi connectivity index (χ1v) is 9.75. The molecular formula is C21H18F3N3O2S. The van der Waals surface area contributed by atoms with Gasteiger partial charge in [-0.25, -0.2) is 4.98 Å². The third kappa shape index (κ3) is 5.24. The fourth-order valence-electron chi connectivity index (χ4n) is 2.68. The molecule has 0 radical (unpaired) electrons. The van der Waals surface area contributed by atoms with Crippen molar-refractivity contribution in [2.24, 2.45) is 0 Å². The standard InChI is InChI=1S/C21H18F3N3O2S/c1-27(2)20(29)14-4-3-5-16(10-14)25-18(28)11-17-12-30-19(26-17)13-6-8-15(9-7-13)21(22,23)24/h3-10,12H,11H2,1-2H3,(H,25,28). The number of aromatic nitrogens is 1. The maximum atomic E-state index is 12.7. The average Bonchev–Trinajstić information content (AvgIpc) is 3.15. The molecule has 0 aliphatic rings. The third-order valence-electron chi connectivity index (χ3n) is 4.15. The number of benzene rings is 2. The second-order valence-corrected chi connectivity index (χ2v) is 7.58. The smallest absolute Gasteiger partial charge is 0.345 e. The Hall–Kier alpha value is -3.20. The topological polar surface area (TPSA) is 62.3 Å². The van der Waals surface area contributed by atoms with Crippen LogP contribution in [0.2, 0.25) is 0 Å². The van der Waals surface area contributed by atoms with E-state index in [1.807, 2.05) is 0 Å². The molecule has 3 rings (SSSR count). The number of rotatable bonds is 5. The quantitative estimate of drug-likeness (QED) is 0.634. The van der Waals surface area contributed by atoms with Crippen LogP contribution in [-0.2, 0) is 17.4 Å². The van der Waals surface area contributed by atoms with Crippen molar-refractivity contribution >= 4 is 28.8 Å². The highest BCUT2D eigenvalue weighted by Crippen LogP contribution is 2.31. The fourth-order valence-corrected chi connectivity index (χ4v) is 3.51. The van der Waals surface area contributed by atoms with Crippen molar-refractivity contribution in [3.05, 3.63) is 70.7 Å². The Morgan fingerprint density at radius 1 is 1.10 bits per heavy atom. The number of hydrogen-bond donors (Lipinski definition) is 1. The number of carbonyl (C=O) groups excluding carboxylic acids is 2. The van der Waals surface area contributed by atoms with Crippen LogP contribution in [0, 0.1) is 0 Å². The molecule has 0 atom stereocenters. The van der Waals surface area contributed by atoms with Gasteiger partial charge in [0, 0.05) is 36.3 Å². The minimum absolute atomic E-state index is 0.00297. The largest absolute Gasteiger partial charge is 0.416 e. The summed E-state index contributed by atoms with van der Waals surface area (Å²) in [5.74, 6) is -0.486. The van der Waals surface area contributed by atoms with E-state index in [1.54, 1.807) is 43.7 Å². The van der Waals surface area contributed by atoms with E-state index in [1.165, 1.54) is 28.4 Å². The summed E-state index contributed by atoms with van der Waals surface area (Å²) in [5, 5.41) is 4.95. The van der Waals surface area contributed by atoms with Gasteiger partial charge in [-0.2, -0.15) is 13.2 Å². The van der Waals surface area contributed by atoms with Gasteiger partial charge in [-0.15, -0.1) is 11.3 Å². The Labute approximate surface area is 175 Å². The van der Waals surface area contributed by atoms with E-state index in [4.69, 9.17) is 0 Å². The summed E-state index contributed by atoms with van der Waals surface area (Å²) in [7, 11) is 3.29. The Morgan fingerprint density at radius 2 is 1.80 bits per heavy atom. The number of nitrogens with one attached hydrogen (secondary N) is 1. The minimum atomic E-state index is -4.39. The first kappa shape index (κ1) is 21.5. The van der Waals surface area contributed by atoms with E-state index < -0.39 is 11.7 Å². The summed E-state index contributed by atoms with van der Waals surface area (Å²) in [5.41, 5.74) is 1.28. The van der Waals surface area contributed by atoms with E-state index in [0.717, 1.165) is 12.1 Å². The van der Waals surface area contributed by atoms with Crippen LogP contribution < -0.4 is 5.32 Å². The number of nitrogens with zero attached hydrogens (tertiary/aromatic N) is 2. The lowest BCUT2D eigenvalue weighted by Gasteiger charge is -2.11. The monoisotopic (exact) mass is 433 g/mol. The summed E-state index contributed by atoms with van der Waals surface area (Å²) in [6.07, 6.45) is -4.39. The number of carbonyl (C=O) groups is 2. The predicted molar refractivity (Wildman–Crippen MR) is 109 cm³/mol. The van der Waals surface area contributed by atoms with Crippen molar-refractivity contribution in [3.8, 4) is 10.6 Å². The highest BCUT2D eigenvalue weighted by Gasteiger charge is 2.30. The van der Waals surface area contributed by atoms with Crippen LogP contribution in [0.5, 0.6) is 0 Å². The van der Waals surface area contributed by atoms with Gasteiger partial charge in [0.05, 0.1) is 17.7 Å². The van der Waals surface area contributed by atoms with Crippen LogP contribution in [0.4, 0.5) is 18.9 Å². The second-order valence-electron chi connectivity index (χ2n) is 6.72. The van der Waals surface area contributed by atoms with Gasteiger partial charge < -0.3 is 10.2 Å². The highest BCUT2D eigenvalue weighted by atomic mass is 32.1. The number of halogens is 3. The number of anilines is 1. The highest BCUT2D eigenvalue weighted by molar-refractivity contribution is 7.13. The van der Waals surface area contributed by atoms with E-state index >= 15 is 0 Å². The molecule has 156 valence electrons. The number of thiazole rings is 1. The Bertz CT molecular complexity index is 1060. The van der Waals surface area contributed by atoms with Crippen LogP contribution in [0.15, 0.2) is 53.9 Å². The molecule has 1 heterocycles. The van der Waals surface area contributed by atoms with Crippen LogP contribution in [0.25, 0.3) is 10.6 Å². The second kappa shape index (κ2) is 8.66. The van der Waals surface area contributed by atoms with Crippen molar-refractivity contribution in [1.29, 1.82) is 0 Å². The van der Waals surface area contributed by atoms with Gasteiger partial charge in [0.15, 0.2) is 0 Å². The van der Waals surface area contributed by atoms with Gasteiger partial charge in [-0.3, -0.25) is 9.59 Å². The molecule has 2 aromatic carbocycles. The summed E-state index contributed by atoms with van der Waals surface area (Å²) in [4.78, 5) is 30.1. The summed E-state index contributed by atoms with van der Waals surface area (Å²) in [6, 6.07) is 11.3. The number of hydrogen-bond acceptors (Lipinski definition) is 4. The fraction of sp³-hybridized carbons (Fsp3) is 0.190. The molecule has 30 heavy (non-hydrogen) atoms. The zero-order valence-electron chi connectivity index (χ0n) is 16.2. The molecule has 0 aliphatic carbocycles. The lowest BCUT2D eigenvalue weighted by atomic mass is 10.1. The van der Waals surface area contributed by atoms with Crippen LogP contribution in [0.3, 0.4) is 0 Å². The molecule has 0 fully saturated rings. The van der Waals surface area contributed by atoms with Crippen molar-refractivity contribution in [1.82, 2.24) is 9.88 Å². The first-order chi connectivity index (χ1) is 14.1. The Kier molecular flexibility index (Phi) is 6.21. The third-order valence-corrected chi connectivity index (χ3v) is 5.09. The van der Waals surface area contributed by atoms with Crippen molar-refractivity contribution < 1.29 is 22.8 Å². The van der Waals surface area contributed by atoms with Crippen LogP contribution in [0.1, 0.15) is 21.6 Å². The van der Waals surface area contributed by atoms with Crippen molar-refractivity contribution in [2.75, 3.05) is 19.4 Å². The Balaban J connectivity index is 1.65. The molecule has 0 saturated carbocycles. The molecule has 0 spiro atoms. The molecule has 0 bridgehead atoms. The van der Waals surface area contributed by atoms with Gasteiger partial charge in [0.25, 0.3) is 5.91 Å². The van der Waals surface area contributed by atoms with Gasteiger partial charge in [0.2, 0.25) is 5.91 Å². The lowest BCUT2D eigenvalue weighted by molar-refractivity contribution is -0.137. The molecule has 9 heteroatoms. The predicted octanol–water partition coefficient (Wildman–Crippen LogP) is 4.71. The van der Waals surface area contributed by atoms with E-state index in [0.29, 0.717) is 27.5 Å². The number of alkyl halides is 3. The summed E-state index contributed by atoms with van der Waals surface area (Å²) >= 11 is 1.25. The van der Waals surface area contributed by atoms with Crippen molar-refractivity contribution in [3.63, 3.8) is 0 Å².